The fourth-order valence-corrected chi connectivity index (χ4v) is 2.90. The lowest BCUT2D eigenvalue weighted by atomic mass is 10.3. The number of hydrogen-bond donors (Lipinski definition) is 1. The van der Waals surface area contributed by atoms with Gasteiger partial charge in [-0.05, 0) is 24.3 Å². The maximum absolute atomic E-state index is 12.4. The third-order valence-corrected chi connectivity index (χ3v) is 4.12. The van der Waals surface area contributed by atoms with Crippen molar-refractivity contribution in [3.63, 3.8) is 0 Å². The molecule has 11 heteroatoms. The summed E-state index contributed by atoms with van der Waals surface area (Å²) in [7, 11) is -4.63. The van der Waals surface area contributed by atoms with E-state index in [9.17, 15) is 26.4 Å². The highest BCUT2D eigenvalue weighted by atomic mass is 35.5. The Balaban J connectivity index is 2.33. The van der Waals surface area contributed by atoms with E-state index >= 15 is 0 Å². The van der Waals surface area contributed by atoms with Crippen LogP contribution in [0.25, 0.3) is 0 Å². The van der Waals surface area contributed by atoms with Gasteiger partial charge in [0.1, 0.15) is 21.5 Å². The van der Waals surface area contributed by atoms with E-state index in [0.717, 1.165) is 18.2 Å². The molecule has 128 valence electrons. The summed E-state index contributed by atoms with van der Waals surface area (Å²) in [5, 5.41) is -0.0548. The zero-order chi connectivity index (χ0) is 18.0. The van der Waals surface area contributed by atoms with E-state index in [1.807, 2.05) is 0 Å². The molecule has 1 heterocycles. The van der Waals surface area contributed by atoms with Gasteiger partial charge in [-0.3, -0.25) is 4.79 Å². The lowest BCUT2D eigenvalue weighted by Crippen LogP contribution is -2.32. The van der Waals surface area contributed by atoms with E-state index in [1.165, 1.54) is 24.3 Å². The van der Waals surface area contributed by atoms with Crippen molar-refractivity contribution < 1.29 is 31.1 Å². The maximum Gasteiger partial charge on any atom is 0.573 e. The number of halogens is 4. The Morgan fingerprint density at radius 3 is 2.42 bits per heavy atom. The van der Waals surface area contributed by atoms with Crippen LogP contribution in [-0.2, 0) is 10.0 Å². The SMILES string of the molecule is O=C(NS(=O)(=O)c1ccccc1OC(F)(F)F)c1cccc(Cl)n1. The standard InChI is InChI=1S/C13H8ClF3N2O4S/c14-11-7-3-4-8(18-11)12(20)19-24(21,22)10-6-2-1-5-9(10)23-13(15,16)17/h1-7H,(H,19,20). The monoisotopic (exact) mass is 380 g/mol. The minimum Gasteiger partial charge on any atom is -0.404 e. The van der Waals surface area contributed by atoms with Gasteiger partial charge in [-0.2, -0.15) is 0 Å². The molecule has 2 rings (SSSR count). The molecule has 0 aliphatic heterocycles. The van der Waals surface area contributed by atoms with Crippen LogP contribution in [0.1, 0.15) is 10.5 Å². The largest absolute Gasteiger partial charge is 0.573 e. The summed E-state index contributed by atoms with van der Waals surface area (Å²) in [6.07, 6.45) is -5.09. The number of carbonyl (C=O) groups is 1. The Morgan fingerprint density at radius 2 is 1.79 bits per heavy atom. The number of pyridine rings is 1. The third kappa shape index (κ3) is 4.59. The van der Waals surface area contributed by atoms with Crippen molar-refractivity contribution in [2.24, 2.45) is 0 Å². The molecule has 2 aromatic rings. The van der Waals surface area contributed by atoms with Crippen molar-refractivity contribution >= 4 is 27.5 Å². The number of para-hydroxylation sites is 1. The van der Waals surface area contributed by atoms with Gasteiger partial charge in [0.25, 0.3) is 15.9 Å². The fourth-order valence-electron chi connectivity index (χ4n) is 1.65. The maximum atomic E-state index is 12.4. The van der Waals surface area contributed by atoms with Crippen molar-refractivity contribution in [1.29, 1.82) is 0 Å². The first-order chi connectivity index (χ1) is 11.1. The topological polar surface area (TPSA) is 85.4 Å². The van der Waals surface area contributed by atoms with E-state index in [1.54, 1.807) is 4.72 Å². The van der Waals surface area contributed by atoms with E-state index in [2.05, 4.69) is 9.72 Å². The van der Waals surface area contributed by atoms with Gasteiger partial charge >= 0.3 is 6.36 Å². The molecule has 24 heavy (non-hydrogen) atoms. The van der Waals surface area contributed by atoms with Crippen molar-refractivity contribution in [3.05, 3.63) is 53.3 Å². The first kappa shape index (κ1) is 18.0. The lowest BCUT2D eigenvalue weighted by molar-refractivity contribution is -0.275. The first-order valence-electron chi connectivity index (χ1n) is 6.13. The van der Waals surface area contributed by atoms with E-state index in [-0.39, 0.29) is 10.8 Å². The number of benzene rings is 1. The zero-order valence-corrected chi connectivity index (χ0v) is 13.1. The average Bonchev–Trinajstić information content (AvgIpc) is 2.45. The number of carbonyl (C=O) groups excluding carboxylic acids is 1. The van der Waals surface area contributed by atoms with E-state index in [0.29, 0.717) is 0 Å². The van der Waals surface area contributed by atoms with Crippen molar-refractivity contribution in [2.75, 3.05) is 0 Å². The Kier molecular flexibility index (Phi) is 4.99. The molecule has 0 radical (unpaired) electrons. The molecule has 1 aromatic carbocycles. The number of sulfonamides is 1. The molecular formula is C13H8ClF3N2O4S. The van der Waals surface area contributed by atoms with Crippen LogP contribution in [0.15, 0.2) is 47.4 Å². The summed E-state index contributed by atoms with van der Waals surface area (Å²) in [4.78, 5) is 14.7. The second-order valence-electron chi connectivity index (χ2n) is 4.27. The number of ether oxygens (including phenoxy) is 1. The van der Waals surface area contributed by atoms with Crippen LogP contribution in [0.5, 0.6) is 5.75 Å². The van der Waals surface area contributed by atoms with Crippen LogP contribution < -0.4 is 9.46 Å². The van der Waals surface area contributed by atoms with Crippen LogP contribution in [0.2, 0.25) is 5.15 Å². The van der Waals surface area contributed by atoms with Gasteiger partial charge in [-0.1, -0.05) is 29.8 Å². The van der Waals surface area contributed by atoms with Crippen LogP contribution in [-0.4, -0.2) is 25.7 Å². The van der Waals surface area contributed by atoms with Gasteiger partial charge < -0.3 is 4.74 Å². The molecule has 0 saturated carbocycles. The summed E-state index contributed by atoms with van der Waals surface area (Å²) in [5.41, 5.74) is -0.319. The van der Waals surface area contributed by atoms with Gasteiger partial charge in [0.2, 0.25) is 0 Å². The predicted molar refractivity (Wildman–Crippen MR) is 77.0 cm³/mol. The normalized spacial score (nSPS) is 11.8. The highest BCUT2D eigenvalue weighted by Gasteiger charge is 2.34. The second-order valence-corrected chi connectivity index (χ2v) is 6.31. The quantitative estimate of drug-likeness (QED) is 0.824. The molecule has 0 bridgehead atoms. The molecule has 1 amide bonds. The highest BCUT2D eigenvalue weighted by Crippen LogP contribution is 2.29. The molecule has 0 aliphatic rings. The highest BCUT2D eigenvalue weighted by molar-refractivity contribution is 7.90. The van der Waals surface area contributed by atoms with E-state index < -0.39 is 32.9 Å². The summed E-state index contributed by atoms with van der Waals surface area (Å²) in [6, 6.07) is 7.92. The molecular weight excluding hydrogens is 373 g/mol. The summed E-state index contributed by atoms with van der Waals surface area (Å²) < 4.78 is 66.7. The number of rotatable bonds is 4. The first-order valence-corrected chi connectivity index (χ1v) is 7.99. The lowest BCUT2D eigenvalue weighted by Gasteiger charge is -2.13. The van der Waals surface area contributed by atoms with Crippen LogP contribution in [0.4, 0.5) is 13.2 Å². The van der Waals surface area contributed by atoms with E-state index in [4.69, 9.17) is 11.6 Å². The molecule has 0 unspecified atom stereocenters. The second kappa shape index (κ2) is 6.65. The van der Waals surface area contributed by atoms with Gasteiger partial charge in [0.15, 0.2) is 0 Å². The number of nitrogens with one attached hydrogen (secondary N) is 1. The Morgan fingerprint density at radius 1 is 1.12 bits per heavy atom. The van der Waals surface area contributed by atoms with Gasteiger partial charge in [0.05, 0.1) is 0 Å². The van der Waals surface area contributed by atoms with Crippen LogP contribution in [0.3, 0.4) is 0 Å². The Hall–Kier alpha value is -2.33. The number of aromatic nitrogens is 1. The third-order valence-electron chi connectivity index (χ3n) is 2.54. The van der Waals surface area contributed by atoms with Crippen LogP contribution in [0, 0.1) is 0 Å². The molecule has 0 aliphatic carbocycles. The Labute approximate surface area is 139 Å². The summed E-state index contributed by atoms with van der Waals surface area (Å²) >= 11 is 5.59. The van der Waals surface area contributed by atoms with Gasteiger partial charge in [-0.15, -0.1) is 13.2 Å². The zero-order valence-electron chi connectivity index (χ0n) is 11.5. The molecule has 0 atom stereocenters. The molecule has 0 fully saturated rings. The average molecular weight is 381 g/mol. The summed E-state index contributed by atoms with van der Waals surface area (Å²) in [5.74, 6) is -2.12. The smallest absolute Gasteiger partial charge is 0.404 e. The number of amides is 1. The molecule has 1 N–H and O–H groups in total. The van der Waals surface area contributed by atoms with Gasteiger partial charge in [0, 0.05) is 0 Å². The van der Waals surface area contributed by atoms with Crippen molar-refractivity contribution in [1.82, 2.24) is 9.71 Å². The molecule has 0 spiro atoms. The number of alkyl halides is 3. The molecule has 0 saturated heterocycles. The minimum atomic E-state index is -5.09. The van der Waals surface area contributed by atoms with Crippen molar-refractivity contribution in [2.45, 2.75) is 11.3 Å². The fraction of sp³-hybridized carbons (Fsp3) is 0.0769. The van der Waals surface area contributed by atoms with Crippen LogP contribution >= 0.6 is 11.6 Å². The molecule has 1 aromatic heterocycles. The molecule has 6 nitrogen and oxygen atoms in total. The number of nitrogens with zero attached hydrogens (tertiary/aromatic N) is 1. The van der Waals surface area contributed by atoms with Crippen molar-refractivity contribution in [3.8, 4) is 5.75 Å². The number of hydrogen-bond acceptors (Lipinski definition) is 5. The summed E-state index contributed by atoms with van der Waals surface area (Å²) in [6.45, 7) is 0. The predicted octanol–water partition coefficient (Wildman–Crippen LogP) is 2.75. The minimum absolute atomic E-state index is 0.0548. The van der Waals surface area contributed by atoms with Gasteiger partial charge in [-0.25, -0.2) is 18.1 Å². The Bertz CT molecular complexity index is 872.